The summed E-state index contributed by atoms with van der Waals surface area (Å²) in [5, 5.41) is 3.15. The van der Waals surface area contributed by atoms with Crippen molar-refractivity contribution >= 4 is 18.3 Å². The van der Waals surface area contributed by atoms with E-state index in [1.807, 2.05) is 6.07 Å². The second-order valence-electron chi connectivity index (χ2n) is 6.16. The highest BCUT2D eigenvalue weighted by atomic mass is 35.5. The number of hydrogen-bond acceptors (Lipinski definition) is 2. The molecule has 3 atom stereocenters. The van der Waals surface area contributed by atoms with Crippen LogP contribution in [0.5, 0.6) is 0 Å². The number of aryl methyl sites for hydroxylation is 1. The Morgan fingerprint density at radius 1 is 1.38 bits per heavy atom. The molecule has 0 heterocycles. The molecule has 1 fully saturated rings. The molecule has 3 unspecified atom stereocenters. The number of halogens is 1. The molecule has 1 aromatic carbocycles. The summed E-state index contributed by atoms with van der Waals surface area (Å²) in [4.78, 5) is 12.3. The van der Waals surface area contributed by atoms with Crippen molar-refractivity contribution in [2.75, 3.05) is 0 Å². The van der Waals surface area contributed by atoms with Crippen LogP contribution >= 0.6 is 12.4 Å². The Morgan fingerprint density at radius 3 is 2.76 bits per heavy atom. The Hall–Kier alpha value is -1.06. The normalized spacial score (nSPS) is 23.0. The SMILES string of the molecule is Cc1ccccc1CC(C)NC(=O)C1CCCC(N)C1.Cl. The van der Waals surface area contributed by atoms with Crippen LogP contribution in [0.4, 0.5) is 0 Å². The number of carbonyl (C=O) groups excluding carboxylic acids is 1. The minimum atomic E-state index is 0. The number of carbonyl (C=O) groups is 1. The van der Waals surface area contributed by atoms with Crippen LogP contribution in [0.3, 0.4) is 0 Å². The van der Waals surface area contributed by atoms with Crippen molar-refractivity contribution in [3.8, 4) is 0 Å². The molecule has 0 bridgehead atoms. The summed E-state index contributed by atoms with van der Waals surface area (Å²) in [5.74, 6) is 0.291. The molecule has 3 nitrogen and oxygen atoms in total. The lowest BCUT2D eigenvalue weighted by Gasteiger charge is -2.27. The van der Waals surface area contributed by atoms with E-state index in [4.69, 9.17) is 5.73 Å². The summed E-state index contributed by atoms with van der Waals surface area (Å²) < 4.78 is 0. The van der Waals surface area contributed by atoms with Crippen molar-refractivity contribution in [3.05, 3.63) is 35.4 Å². The minimum absolute atomic E-state index is 0. The molecule has 0 aliphatic heterocycles. The topological polar surface area (TPSA) is 55.1 Å². The van der Waals surface area contributed by atoms with Crippen molar-refractivity contribution in [2.24, 2.45) is 11.7 Å². The molecule has 0 saturated heterocycles. The van der Waals surface area contributed by atoms with Gasteiger partial charge in [-0.1, -0.05) is 30.7 Å². The highest BCUT2D eigenvalue weighted by molar-refractivity contribution is 5.85. The van der Waals surface area contributed by atoms with Gasteiger partial charge in [-0.25, -0.2) is 0 Å². The van der Waals surface area contributed by atoms with Gasteiger partial charge in [0.2, 0.25) is 5.91 Å². The lowest BCUT2D eigenvalue weighted by molar-refractivity contribution is -0.126. The van der Waals surface area contributed by atoms with Crippen LogP contribution in [-0.2, 0) is 11.2 Å². The van der Waals surface area contributed by atoms with E-state index in [1.54, 1.807) is 0 Å². The van der Waals surface area contributed by atoms with E-state index in [0.717, 1.165) is 32.1 Å². The van der Waals surface area contributed by atoms with Crippen LogP contribution in [0, 0.1) is 12.8 Å². The first-order chi connectivity index (χ1) is 9.56. The summed E-state index contributed by atoms with van der Waals surface area (Å²) in [5.41, 5.74) is 8.55. The predicted molar refractivity (Wildman–Crippen MR) is 89.7 cm³/mol. The van der Waals surface area contributed by atoms with Gasteiger partial charge in [-0.3, -0.25) is 4.79 Å². The van der Waals surface area contributed by atoms with Gasteiger partial charge < -0.3 is 11.1 Å². The van der Waals surface area contributed by atoms with Gasteiger partial charge >= 0.3 is 0 Å². The smallest absolute Gasteiger partial charge is 0.223 e. The van der Waals surface area contributed by atoms with Gasteiger partial charge in [-0.05, 0) is 50.7 Å². The maximum absolute atomic E-state index is 12.3. The standard InChI is InChI=1S/C17H26N2O.ClH/c1-12-6-3-4-7-14(12)10-13(2)19-17(20)15-8-5-9-16(18)11-15;/h3-4,6-7,13,15-16H,5,8-11,18H2,1-2H3,(H,19,20);1H. The number of hydrogen-bond donors (Lipinski definition) is 2. The van der Waals surface area contributed by atoms with Crippen LogP contribution < -0.4 is 11.1 Å². The third-order valence-electron chi connectivity index (χ3n) is 4.26. The summed E-state index contributed by atoms with van der Waals surface area (Å²) in [6.45, 7) is 4.19. The molecule has 1 aliphatic rings. The average molecular weight is 311 g/mol. The molecule has 1 saturated carbocycles. The molecular formula is C17H27ClN2O. The zero-order valence-electron chi connectivity index (χ0n) is 13.0. The van der Waals surface area contributed by atoms with E-state index in [9.17, 15) is 4.79 Å². The van der Waals surface area contributed by atoms with Gasteiger partial charge in [0.25, 0.3) is 0 Å². The molecule has 1 aromatic rings. The van der Waals surface area contributed by atoms with Gasteiger partial charge in [-0.2, -0.15) is 0 Å². The second kappa shape index (κ2) is 8.40. The van der Waals surface area contributed by atoms with Gasteiger partial charge in [0.05, 0.1) is 0 Å². The van der Waals surface area contributed by atoms with Gasteiger partial charge in [0.15, 0.2) is 0 Å². The van der Waals surface area contributed by atoms with Crippen LogP contribution in [0.1, 0.15) is 43.7 Å². The van der Waals surface area contributed by atoms with Crippen molar-refractivity contribution in [1.29, 1.82) is 0 Å². The maximum Gasteiger partial charge on any atom is 0.223 e. The molecule has 1 aliphatic carbocycles. The van der Waals surface area contributed by atoms with E-state index in [0.29, 0.717) is 0 Å². The molecular weight excluding hydrogens is 284 g/mol. The fourth-order valence-electron chi connectivity index (χ4n) is 3.05. The van der Waals surface area contributed by atoms with Crippen LogP contribution in [-0.4, -0.2) is 18.0 Å². The highest BCUT2D eigenvalue weighted by Gasteiger charge is 2.26. The Bertz CT molecular complexity index is 464. The zero-order valence-corrected chi connectivity index (χ0v) is 13.8. The predicted octanol–water partition coefficient (Wildman–Crippen LogP) is 2.98. The molecule has 2 rings (SSSR count). The monoisotopic (exact) mass is 310 g/mol. The second-order valence-corrected chi connectivity index (χ2v) is 6.16. The number of nitrogens with one attached hydrogen (secondary N) is 1. The Labute approximate surface area is 134 Å². The first-order valence-electron chi connectivity index (χ1n) is 7.66. The number of nitrogens with two attached hydrogens (primary N) is 1. The molecule has 0 spiro atoms. The summed E-state index contributed by atoms with van der Waals surface area (Å²) in [6, 6.07) is 8.72. The van der Waals surface area contributed by atoms with Crippen molar-refractivity contribution < 1.29 is 4.79 Å². The fourth-order valence-corrected chi connectivity index (χ4v) is 3.05. The summed E-state index contributed by atoms with van der Waals surface area (Å²) in [7, 11) is 0. The molecule has 1 amide bonds. The van der Waals surface area contributed by atoms with E-state index in [-0.39, 0.29) is 36.3 Å². The van der Waals surface area contributed by atoms with Crippen LogP contribution in [0.15, 0.2) is 24.3 Å². The molecule has 118 valence electrons. The Morgan fingerprint density at radius 2 is 2.10 bits per heavy atom. The van der Waals surface area contributed by atoms with E-state index >= 15 is 0 Å². The van der Waals surface area contributed by atoms with Crippen molar-refractivity contribution in [3.63, 3.8) is 0 Å². The largest absolute Gasteiger partial charge is 0.353 e. The fraction of sp³-hybridized carbons (Fsp3) is 0.588. The third kappa shape index (κ3) is 5.33. The zero-order chi connectivity index (χ0) is 14.5. The lowest BCUT2D eigenvalue weighted by atomic mass is 9.85. The Kier molecular flexibility index (Phi) is 7.20. The maximum atomic E-state index is 12.3. The quantitative estimate of drug-likeness (QED) is 0.898. The highest BCUT2D eigenvalue weighted by Crippen LogP contribution is 2.23. The van der Waals surface area contributed by atoms with E-state index in [1.165, 1.54) is 11.1 Å². The minimum Gasteiger partial charge on any atom is -0.353 e. The molecule has 4 heteroatoms. The van der Waals surface area contributed by atoms with Gasteiger partial charge in [0.1, 0.15) is 0 Å². The van der Waals surface area contributed by atoms with Crippen molar-refractivity contribution in [1.82, 2.24) is 5.32 Å². The van der Waals surface area contributed by atoms with Crippen LogP contribution in [0.2, 0.25) is 0 Å². The first-order valence-corrected chi connectivity index (χ1v) is 7.66. The first kappa shape index (κ1) is 18.0. The van der Waals surface area contributed by atoms with Gasteiger partial charge in [-0.15, -0.1) is 12.4 Å². The van der Waals surface area contributed by atoms with Crippen molar-refractivity contribution in [2.45, 2.75) is 58.0 Å². The summed E-state index contributed by atoms with van der Waals surface area (Å²) >= 11 is 0. The van der Waals surface area contributed by atoms with E-state index < -0.39 is 0 Å². The lowest BCUT2D eigenvalue weighted by Crippen LogP contribution is -2.42. The number of benzene rings is 1. The third-order valence-corrected chi connectivity index (χ3v) is 4.26. The number of amides is 1. The van der Waals surface area contributed by atoms with Gasteiger partial charge in [0, 0.05) is 18.0 Å². The van der Waals surface area contributed by atoms with E-state index in [2.05, 4.69) is 37.4 Å². The molecule has 21 heavy (non-hydrogen) atoms. The Balaban J connectivity index is 0.00000220. The number of rotatable bonds is 4. The molecule has 0 radical (unpaired) electrons. The molecule has 0 aromatic heterocycles. The molecule has 3 N–H and O–H groups in total. The summed E-state index contributed by atoms with van der Waals surface area (Å²) in [6.07, 6.45) is 4.84. The van der Waals surface area contributed by atoms with Crippen LogP contribution in [0.25, 0.3) is 0 Å². The average Bonchev–Trinajstić information content (AvgIpc) is 2.41.